The van der Waals surface area contributed by atoms with Gasteiger partial charge in [-0.25, -0.2) is 13.6 Å². The van der Waals surface area contributed by atoms with Crippen LogP contribution >= 0.6 is 11.6 Å². The fourth-order valence-electron chi connectivity index (χ4n) is 2.01. The van der Waals surface area contributed by atoms with Crippen LogP contribution in [0.5, 0.6) is 0 Å². The molecule has 4 nitrogen and oxygen atoms in total. The molecule has 112 valence electrons. The van der Waals surface area contributed by atoms with Gasteiger partial charge in [0.2, 0.25) is 10.0 Å². The van der Waals surface area contributed by atoms with E-state index in [9.17, 15) is 8.42 Å². The number of anilines is 1. The zero-order valence-corrected chi connectivity index (χ0v) is 13.4. The molecule has 3 N–H and O–H groups in total. The number of hydrogen-bond donors (Lipinski definition) is 2. The van der Waals surface area contributed by atoms with Crippen LogP contribution in [0, 0.1) is 13.8 Å². The third kappa shape index (κ3) is 3.75. The summed E-state index contributed by atoms with van der Waals surface area (Å²) >= 11 is 6.09. The Balaban J connectivity index is 2.26. The number of nitrogens with one attached hydrogen (secondary N) is 1. The van der Waals surface area contributed by atoms with Crippen molar-refractivity contribution in [1.82, 2.24) is 0 Å². The zero-order chi connectivity index (χ0) is 15.6. The van der Waals surface area contributed by atoms with Crippen molar-refractivity contribution in [2.75, 3.05) is 5.32 Å². The van der Waals surface area contributed by atoms with E-state index in [0.717, 1.165) is 5.56 Å². The van der Waals surface area contributed by atoms with Crippen LogP contribution < -0.4 is 10.5 Å². The number of nitrogens with two attached hydrogens (primary N) is 1. The van der Waals surface area contributed by atoms with Crippen molar-refractivity contribution >= 4 is 27.3 Å². The van der Waals surface area contributed by atoms with Gasteiger partial charge in [-0.05, 0) is 48.7 Å². The second kappa shape index (κ2) is 6.05. The monoisotopic (exact) mass is 324 g/mol. The van der Waals surface area contributed by atoms with E-state index in [0.29, 0.717) is 17.3 Å². The standard InChI is InChI=1S/C15H17ClN2O2S/c1-10-4-3-5-12(11(10)2)9-18-15-8-13(21(17,19)20)6-7-14(15)16/h3-8,18H,9H2,1-2H3,(H2,17,19,20). The molecule has 0 atom stereocenters. The van der Waals surface area contributed by atoms with Crippen molar-refractivity contribution in [3.05, 3.63) is 58.1 Å². The summed E-state index contributed by atoms with van der Waals surface area (Å²) in [7, 11) is -3.74. The van der Waals surface area contributed by atoms with Crippen molar-refractivity contribution in [2.24, 2.45) is 5.14 Å². The molecule has 0 aromatic heterocycles. The molecule has 2 rings (SSSR count). The maximum absolute atomic E-state index is 11.4. The number of rotatable bonds is 4. The van der Waals surface area contributed by atoms with Gasteiger partial charge in [0, 0.05) is 6.54 Å². The summed E-state index contributed by atoms with van der Waals surface area (Å²) < 4.78 is 22.8. The molecule has 2 aromatic rings. The van der Waals surface area contributed by atoms with Gasteiger partial charge in [0.05, 0.1) is 15.6 Å². The summed E-state index contributed by atoms with van der Waals surface area (Å²) in [6, 6.07) is 10.4. The average Bonchev–Trinajstić information content (AvgIpc) is 2.40. The van der Waals surface area contributed by atoms with Crippen molar-refractivity contribution in [2.45, 2.75) is 25.3 Å². The largest absolute Gasteiger partial charge is 0.380 e. The highest BCUT2D eigenvalue weighted by Gasteiger charge is 2.11. The number of benzene rings is 2. The molecule has 0 saturated carbocycles. The molecule has 0 heterocycles. The second-order valence-corrected chi connectivity index (χ2v) is 6.87. The summed E-state index contributed by atoms with van der Waals surface area (Å²) in [5.41, 5.74) is 4.08. The quantitative estimate of drug-likeness (QED) is 0.907. The van der Waals surface area contributed by atoms with Crippen LogP contribution in [0.3, 0.4) is 0 Å². The third-order valence-electron chi connectivity index (χ3n) is 3.45. The first-order valence-corrected chi connectivity index (χ1v) is 8.33. The minimum absolute atomic E-state index is 0.0374. The van der Waals surface area contributed by atoms with Gasteiger partial charge in [0.25, 0.3) is 0 Å². The second-order valence-electron chi connectivity index (χ2n) is 4.90. The summed E-state index contributed by atoms with van der Waals surface area (Å²) in [4.78, 5) is 0.0374. The molecule has 0 radical (unpaired) electrons. The molecule has 0 bridgehead atoms. The van der Waals surface area contributed by atoms with E-state index in [2.05, 4.69) is 12.2 Å². The molecule has 0 spiro atoms. The summed E-state index contributed by atoms with van der Waals surface area (Å²) in [5, 5.41) is 8.74. The first-order chi connectivity index (χ1) is 9.79. The smallest absolute Gasteiger partial charge is 0.238 e. The molecule has 2 aromatic carbocycles. The van der Waals surface area contributed by atoms with Crippen LogP contribution in [0.1, 0.15) is 16.7 Å². The Bertz CT molecular complexity index is 773. The number of sulfonamides is 1. The van der Waals surface area contributed by atoms with Crippen LogP contribution in [0.25, 0.3) is 0 Å². The molecule has 0 unspecified atom stereocenters. The minimum Gasteiger partial charge on any atom is -0.380 e. The van der Waals surface area contributed by atoms with E-state index in [1.54, 1.807) is 0 Å². The zero-order valence-electron chi connectivity index (χ0n) is 11.9. The van der Waals surface area contributed by atoms with Gasteiger partial charge < -0.3 is 5.32 Å². The molecular formula is C15H17ClN2O2S. The van der Waals surface area contributed by atoms with E-state index in [1.807, 2.05) is 25.1 Å². The molecule has 6 heteroatoms. The highest BCUT2D eigenvalue weighted by molar-refractivity contribution is 7.89. The fourth-order valence-corrected chi connectivity index (χ4v) is 2.73. The lowest BCUT2D eigenvalue weighted by molar-refractivity contribution is 0.598. The average molecular weight is 325 g/mol. The summed E-state index contributed by atoms with van der Waals surface area (Å²) in [6.07, 6.45) is 0. The molecule has 0 fully saturated rings. The summed E-state index contributed by atoms with van der Waals surface area (Å²) in [6.45, 7) is 4.66. The Morgan fingerprint density at radius 2 is 1.90 bits per heavy atom. The van der Waals surface area contributed by atoms with Crippen molar-refractivity contribution in [3.63, 3.8) is 0 Å². The van der Waals surface area contributed by atoms with Gasteiger partial charge >= 0.3 is 0 Å². The first kappa shape index (κ1) is 15.8. The van der Waals surface area contributed by atoms with Crippen LogP contribution in [-0.4, -0.2) is 8.42 Å². The predicted octanol–water partition coefficient (Wildman–Crippen LogP) is 3.22. The Kier molecular flexibility index (Phi) is 4.56. The molecule has 0 aliphatic heterocycles. The minimum atomic E-state index is -3.74. The Labute approximate surface area is 130 Å². The van der Waals surface area contributed by atoms with Gasteiger partial charge in [-0.15, -0.1) is 0 Å². The van der Waals surface area contributed by atoms with Gasteiger partial charge in [-0.3, -0.25) is 0 Å². The molecule has 0 aliphatic carbocycles. The maximum atomic E-state index is 11.4. The van der Waals surface area contributed by atoms with E-state index < -0.39 is 10.0 Å². The molecule has 21 heavy (non-hydrogen) atoms. The number of halogens is 1. The maximum Gasteiger partial charge on any atom is 0.238 e. The highest BCUT2D eigenvalue weighted by atomic mass is 35.5. The lowest BCUT2D eigenvalue weighted by Gasteiger charge is -2.13. The van der Waals surface area contributed by atoms with E-state index in [1.165, 1.54) is 29.3 Å². The normalized spacial score (nSPS) is 11.4. The molecule has 0 saturated heterocycles. The van der Waals surface area contributed by atoms with E-state index >= 15 is 0 Å². The first-order valence-electron chi connectivity index (χ1n) is 6.40. The van der Waals surface area contributed by atoms with Gasteiger partial charge in [-0.1, -0.05) is 29.8 Å². The Morgan fingerprint density at radius 3 is 2.57 bits per heavy atom. The number of hydrogen-bond acceptors (Lipinski definition) is 3. The predicted molar refractivity (Wildman–Crippen MR) is 86.1 cm³/mol. The van der Waals surface area contributed by atoms with E-state index in [-0.39, 0.29) is 4.90 Å². The number of primary sulfonamides is 1. The molecular weight excluding hydrogens is 308 g/mol. The van der Waals surface area contributed by atoms with Gasteiger partial charge in [-0.2, -0.15) is 0 Å². The van der Waals surface area contributed by atoms with Crippen molar-refractivity contribution < 1.29 is 8.42 Å². The Hall–Kier alpha value is -1.56. The lowest BCUT2D eigenvalue weighted by atomic mass is 10.0. The van der Waals surface area contributed by atoms with Gasteiger partial charge in [0.15, 0.2) is 0 Å². The van der Waals surface area contributed by atoms with Crippen LogP contribution in [-0.2, 0) is 16.6 Å². The third-order valence-corrected chi connectivity index (χ3v) is 4.69. The number of aryl methyl sites for hydroxylation is 1. The molecule has 0 aliphatic rings. The topological polar surface area (TPSA) is 72.2 Å². The fraction of sp³-hybridized carbons (Fsp3) is 0.200. The van der Waals surface area contributed by atoms with Gasteiger partial charge in [0.1, 0.15) is 0 Å². The SMILES string of the molecule is Cc1cccc(CNc2cc(S(N)(=O)=O)ccc2Cl)c1C. The van der Waals surface area contributed by atoms with Crippen LogP contribution in [0.4, 0.5) is 5.69 Å². The van der Waals surface area contributed by atoms with Crippen LogP contribution in [0.15, 0.2) is 41.3 Å². The lowest BCUT2D eigenvalue weighted by Crippen LogP contribution is -2.12. The summed E-state index contributed by atoms with van der Waals surface area (Å²) in [5.74, 6) is 0. The van der Waals surface area contributed by atoms with Crippen molar-refractivity contribution in [3.8, 4) is 0 Å². The van der Waals surface area contributed by atoms with Crippen LogP contribution in [0.2, 0.25) is 5.02 Å². The van der Waals surface area contributed by atoms with E-state index in [4.69, 9.17) is 16.7 Å². The molecule has 0 amide bonds. The highest BCUT2D eigenvalue weighted by Crippen LogP contribution is 2.25. The Morgan fingerprint density at radius 1 is 1.19 bits per heavy atom. The van der Waals surface area contributed by atoms with Crippen molar-refractivity contribution in [1.29, 1.82) is 0 Å².